The number of thiophene rings is 1. The summed E-state index contributed by atoms with van der Waals surface area (Å²) < 4.78 is 0. The van der Waals surface area contributed by atoms with E-state index >= 15 is 0 Å². The second-order valence-electron chi connectivity index (χ2n) is 2.60. The normalized spacial score (nSPS) is 13.2. The van der Waals surface area contributed by atoms with Gasteiger partial charge in [0.25, 0.3) is 0 Å². The largest absolute Gasteiger partial charge is 0.394 e. The molecule has 0 aliphatic carbocycles. The molecule has 1 heterocycles. The van der Waals surface area contributed by atoms with Crippen LogP contribution in [0.15, 0.2) is 16.8 Å². The highest BCUT2D eigenvalue weighted by Gasteiger charge is 2.00. The number of nitrogens with one attached hydrogen (secondary N) is 1. The van der Waals surface area contributed by atoms with Crippen LogP contribution in [0.2, 0.25) is 0 Å². The topological polar surface area (TPSA) is 52.5 Å². The lowest BCUT2D eigenvalue weighted by Crippen LogP contribution is -2.28. The van der Waals surface area contributed by atoms with Crippen molar-refractivity contribution in [2.75, 3.05) is 13.2 Å². The van der Waals surface area contributed by atoms with E-state index in [-0.39, 0.29) is 6.61 Å². The predicted molar refractivity (Wildman–Crippen MR) is 49.1 cm³/mol. The molecule has 3 N–H and O–H groups in total. The fourth-order valence-corrected chi connectivity index (χ4v) is 1.51. The summed E-state index contributed by atoms with van der Waals surface area (Å²) in [6, 6.07) is 2.03. The summed E-state index contributed by atoms with van der Waals surface area (Å²) in [6.45, 7) is 1.00. The molecule has 4 heteroatoms. The fourth-order valence-electron chi connectivity index (χ4n) is 0.841. The standard InChI is InChI=1S/C8H13NO2S/c10-5-8(11)4-9-3-7-1-2-12-6-7/h1-2,6,8-11H,3-5H2/t8-/m0/s1. The molecule has 0 spiro atoms. The summed E-state index contributed by atoms with van der Waals surface area (Å²) in [5.41, 5.74) is 1.21. The molecule has 1 atom stereocenters. The van der Waals surface area contributed by atoms with Crippen molar-refractivity contribution in [1.82, 2.24) is 5.32 Å². The van der Waals surface area contributed by atoms with Gasteiger partial charge in [-0.05, 0) is 22.4 Å². The first kappa shape index (κ1) is 9.67. The minimum atomic E-state index is -0.649. The van der Waals surface area contributed by atoms with E-state index in [1.165, 1.54) is 5.56 Å². The van der Waals surface area contributed by atoms with E-state index in [9.17, 15) is 0 Å². The van der Waals surface area contributed by atoms with Crippen molar-refractivity contribution in [2.45, 2.75) is 12.6 Å². The second kappa shape index (κ2) is 5.27. The van der Waals surface area contributed by atoms with Gasteiger partial charge in [0.1, 0.15) is 0 Å². The Bertz CT molecular complexity index is 201. The molecule has 0 bridgehead atoms. The van der Waals surface area contributed by atoms with E-state index in [0.29, 0.717) is 6.54 Å². The van der Waals surface area contributed by atoms with Gasteiger partial charge in [-0.3, -0.25) is 0 Å². The van der Waals surface area contributed by atoms with Crippen LogP contribution in [0, 0.1) is 0 Å². The lowest BCUT2D eigenvalue weighted by atomic mass is 10.3. The smallest absolute Gasteiger partial charge is 0.0895 e. The number of rotatable bonds is 5. The summed E-state index contributed by atoms with van der Waals surface area (Å²) in [7, 11) is 0. The van der Waals surface area contributed by atoms with Gasteiger partial charge in [-0.25, -0.2) is 0 Å². The van der Waals surface area contributed by atoms with Crippen LogP contribution < -0.4 is 5.32 Å². The van der Waals surface area contributed by atoms with E-state index in [0.717, 1.165) is 6.54 Å². The van der Waals surface area contributed by atoms with Crippen LogP contribution in [0.4, 0.5) is 0 Å². The summed E-state index contributed by atoms with van der Waals surface area (Å²) in [5.74, 6) is 0. The quantitative estimate of drug-likeness (QED) is 0.617. The molecule has 0 fully saturated rings. The van der Waals surface area contributed by atoms with Crippen LogP contribution in [0.3, 0.4) is 0 Å². The molecule has 3 nitrogen and oxygen atoms in total. The first-order chi connectivity index (χ1) is 5.83. The van der Waals surface area contributed by atoms with Gasteiger partial charge in [0.2, 0.25) is 0 Å². The van der Waals surface area contributed by atoms with E-state index in [1.807, 2.05) is 11.4 Å². The molecule has 0 amide bonds. The molecule has 12 heavy (non-hydrogen) atoms. The van der Waals surface area contributed by atoms with E-state index in [1.54, 1.807) is 11.3 Å². The van der Waals surface area contributed by atoms with Crippen molar-refractivity contribution in [2.24, 2.45) is 0 Å². The third kappa shape index (κ3) is 3.32. The average Bonchev–Trinajstić information content (AvgIpc) is 2.57. The highest BCUT2D eigenvalue weighted by atomic mass is 32.1. The van der Waals surface area contributed by atoms with Gasteiger partial charge in [0, 0.05) is 13.1 Å². The molecule has 0 aliphatic rings. The maximum atomic E-state index is 8.98. The lowest BCUT2D eigenvalue weighted by molar-refractivity contribution is 0.0942. The Labute approximate surface area is 75.7 Å². The Hall–Kier alpha value is -0.420. The number of hydrogen-bond donors (Lipinski definition) is 3. The Balaban J connectivity index is 2.11. The molecular weight excluding hydrogens is 174 g/mol. The second-order valence-corrected chi connectivity index (χ2v) is 3.38. The minimum Gasteiger partial charge on any atom is -0.394 e. The number of hydrogen-bond acceptors (Lipinski definition) is 4. The van der Waals surface area contributed by atoms with E-state index in [4.69, 9.17) is 10.2 Å². The maximum Gasteiger partial charge on any atom is 0.0895 e. The molecular formula is C8H13NO2S. The van der Waals surface area contributed by atoms with Gasteiger partial charge in [-0.15, -0.1) is 0 Å². The SMILES string of the molecule is OC[C@@H](O)CNCc1ccsc1. The van der Waals surface area contributed by atoms with Gasteiger partial charge in [-0.1, -0.05) is 0 Å². The molecule has 1 aromatic heterocycles. The molecule has 1 aromatic rings. The summed E-state index contributed by atoms with van der Waals surface area (Å²) in [6.07, 6.45) is -0.649. The fraction of sp³-hybridized carbons (Fsp3) is 0.500. The zero-order valence-electron chi connectivity index (χ0n) is 6.73. The van der Waals surface area contributed by atoms with Gasteiger partial charge in [-0.2, -0.15) is 11.3 Å². The van der Waals surface area contributed by atoms with Crippen molar-refractivity contribution in [1.29, 1.82) is 0 Å². The number of aliphatic hydroxyl groups excluding tert-OH is 2. The zero-order valence-corrected chi connectivity index (χ0v) is 7.55. The summed E-state index contributed by atoms with van der Waals surface area (Å²) in [5, 5.41) is 24.6. The van der Waals surface area contributed by atoms with E-state index in [2.05, 4.69) is 10.7 Å². The Kier molecular flexibility index (Phi) is 4.24. The first-order valence-electron chi connectivity index (χ1n) is 3.83. The van der Waals surface area contributed by atoms with Crippen LogP contribution in [-0.2, 0) is 6.54 Å². The Morgan fingerprint density at radius 3 is 3.00 bits per heavy atom. The van der Waals surface area contributed by atoms with Gasteiger partial charge < -0.3 is 15.5 Å². The van der Waals surface area contributed by atoms with Crippen LogP contribution in [0.1, 0.15) is 5.56 Å². The molecule has 68 valence electrons. The summed E-state index contributed by atoms with van der Waals surface area (Å²) in [4.78, 5) is 0. The molecule has 0 unspecified atom stereocenters. The number of aliphatic hydroxyl groups is 2. The van der Waals surface area contributed by atoms with Gasteiger partial charge >= 0.3 is 0 Å². The maximum absolute atomic E-state index is 8.98. The van der Waals surface area contributed by atoms with Crippen LogP contribution in [-0.4, -0.2) is 29.5 Å². The monoisotopic (exact) mass is 187 g/mol. The highest BCUT2D eigenvalue weighted by Crippen LogP contribution is 2.04. The molecule has 0 saturated carbocycles. The van der Waals surface area contributed by atoms with Crippen LogP contribution in [0.5, 0.6) is 0 Å². The highest BCUT2D eigenvalue weighted by molar-refractivity contribution is 7.07. The Morgan fingerprint density at radius 2 is 2.42 bits per heavy atom. The average molecular weight is 187 g/mol. The van der Waals surface area contributed by atoms with Crippen molar-refractivity contribution in [3.63, 3.8) is 0 Å². The van der Waals surface area contributed by atoms with Crippen molar-refractivity contribution >= 4 is 11.3 Å². The van der Waals surface area contributed by atoms with E-state index < -0.39 is 6.10 Å². The molecule has 0 saturated heterocycles. The van der Waals surface area contributed by atoms with Crippen molar-refractivity contribution in [3.05, 3.63) is 22.4 Å². The third-order valence-corrected chi connectivity index (χ3v) is 2.23. The molecule has 1 rings (SSSR count). The Morgan fingerprint density at radius 1 is 1.58 bits per heavy atom. The van der Waals surface area contributed by atoms with Gasteiger partial charge in [0.05, 0.1) is 12.7 Å². The third-order valence-electron chi connectivity index (χ3n) is 1.50. The minimum absolute atomic E-state index is 0.184. The predicted octanol–water partition coefficient (Wildman–Crippen LogP) is 0.191. The lowest BCUT2D eigenvalue weighted by Gasteiger charge is -2.07. The van der Waals surface area contributed by atoms with Crippen molar-refractivity contribution in [3.8, 4) is 0 Å². The molecule has 0 aromatic carbocycles. The first-order valence-corrected chi connectivity index (χ1v) is 4.78. The van der Waals surface area contributed by atoms with Crippen LogP contribution >= 0.6 is 11.3 Å². The molecule has 0 aliphatic heterocycles. The summed E-state index contributed by atoms with van der Waals surface area (Å²) >= 11 is 1.65. The molecule has 0 radical (unpaired) electrons. The van der Waals surface area contributed by atoms with Crippen molar-refractivity contribution < 1.29 is 10.2 Å². The zero-order chi connectivity index (χ0) is 8.81. The van der Waals surface area contributed by atoms with Gasteiger partial charge in [0.15, 0.2) is 0 Å². The van der Waals surface area contributed by atoms with Crippen LogP contribution in [0.25, 0.3) is 0 Å².